The van der Waals surface area contributed by atoms with E-state index in [4.69, 9.17) is 28.4 Å². The summed E-state index contributed by atoms with van der Waals surface area (Å²) in [4.78, 5) is 13.2. The molecule has 2 aromatic carbocycles. The molecular formula is C31H43N3O12S2. The highest BCUT2D eigenvalue weighted by Gasteiger charge is 2.44. The molecule has 2 fully saturated rings. The van der Waals surface area contributed by atoms with Crippen LogP contribution in [0.1, 0.15) is 25.8 Å². The first-order valence-corrected chi connectivity index (χ1v) is 19.1. The van der Waals surface area contributed by atoms with Gasteiger partial charge in [-0.1, -0.05) is 26.0 Å². The number of amides is 1. The van der Waals surface area contributed by atoms with Crippen LogP contribution in [0.5, 0.6) is 17.2 Å². The maximum Gasteiger partial charge on any atom is 0.407 e. The Bertz CT molecular complexity index is 1620. The number of hydrogen-bond acceptors (Lipinski definition) is 12. The molecule has 2 saturated heterocycles. The number of nitrogens with zero attached hydrogens (tertiary/aromatic N) is 1. The SMILES string of the molecule is CC(C)CN(C[C@@H](O)[C@H](Cc1ccc(OCCNS(C)(=O)=O)cc1)NC(=O)OC1COC2OCCC12)S(=O)(=O)c1ccc2c(c1)OCO2. The number of ether oxygens (including phenoxy) is 6. The predicted octanol–water partition coefficient (Wildman–Crippen LogP) is 1.45. The van der Waals surface area contributed by atoms with E-state index in [0.717, 1.165) is 6.26 Å². The van der Waals surface area contributed by atoms with Gasteiger partial charge in [-0.05, 0) is 48.6 Å². The summed E-state index contributed by atoms with van der Waals surface area (Å²) in [6.45, 7) is 4.42. The Kier molecular flexibility index (Phi) is 11.7. The molecule has 17 heteroatoms. The van der Waals surface area contributed by atoms with Crippen LogP contribution >= 0.6 is 0 Å². The minimum absolute atomic E-state index is 0.00832. The highest BCUT2D eigenvalue weighted by Crippen LogP contribution is 2.35. The second-order valence-corrected chi connectivity index (χ2v) is 16.2. The van der Waals surface area contributed by atoms with E-state index >= 15 is 0 Å². The van der Waals surface area contributed by atoms with Crippen molar-refractivity contribution in [3.8, 4) is 17.2 Å². The third-order valence-corrected chi connectivity index (χ3v) is 10.6. The van der Waals surface area contributed by atoms with Crippen LogP contribution in [0.15, 0.2) is 47.4 Å². The summed E-state index contributed by atoms with van der Waals surface area (Å²) in [6.07, 6.45) is -1.18. The van der Waals surface area contributed by atoms with Gasteiger partial charge in [0.05, 0.1) is 42.4 Å². The van der Waals surface area contributed by atoms with Gasteiger partial charge in [-0.2, -0.15) is 4.31 Å². The molecule has 48 heavy (non-hydrogen) atoms. The van der Waals surface area contributed by atoms with E-state index in [0.29, 0.717) is 35.8 Å². The number of aliphatic hydroxyl groups is 1. The average Bonchev–Trinajstić information content (AvgIpc) is 3.77. The van der Waals surface area contributed by atoms with E-state index in [1.54, 1.807) is 24.3 Å². The third kappa shape index (κ3) is 9.49. The van der Waals surface area contributed by atoms with Crippen LogP contribution in [0.3, 0.4) is 0 Å². The van der Waals surface area contributed by atoms with Crippen molar-refractivity contribution in [3.63, 3.8) is 0 Å². The molecule has 5 rings (SSSR count). The highest BCUT2D eigenvalue weighted by molar-refractivity contribution is 7.89. The lowest BCUT2D eigenvalue weighted by atomic mass is 10.0. The lowest BCUT2D eigenvalue weighted by Crippen LogP contribution is -2.51. The van der Waals surface area contributed by atoms with Crippen LogP contribution < -0.4 is 24.2 Å². The number of alkyl carbamates (subject to hydrolysis) is 1. The molecule has 5 atom stereocenters. The van der Waals surface area contributed by atoms with Crippen molar-refractivity contribution in [1.29, 1.82) is 0 Å². The number of carbonyl (C=O) groups excluding carboxylic acids is 1. The smallest absolute Gasteiger partial charge is 0.407 e. The number of aliphatic hydroxyl groups excluding tert-OH is 1. The molecular weight excluding hydrogens is 670 g/mol. The first-order chi connectivity index (χ1) is 22.8. The molecule has 0 aromatic heterocycles. The predicted molar refractivity (Wildman–Crippen MR) is 172 cm³/mol. The number of nitrogens with one attached hydrogen (secondary N) is 2. The Morgan fingerprint density at radius 1 is 1.04 bits per heavy atom. The first kappa shape index (κ1) is 36.1. The Labute approximate surface area is 280 Å². The summed E-state index contributed by atoms with van der Waals surface area (Å²) in [5, 5.41) is 14.4. The Morgan fingerprint density at radius 3 is 2.52 bits per heavy atom. The Morgan fingerprint density at radius 2 is 1.79 bits per heavy atom. The van der Waals surface area contributed by atoms with E-state index in [2.05, 4.69) is 10.0 Å². The fraction of sp³-hybridized carbons (Fsp3) is 0.581. The fourth-order valence-corrected chi connectivity index (χ4v) is 7.82. The second kappa shape index (κ2) is 15.6. The molecule has 0 spiro atoms. The summed E-state index contributed by atoms with van der Waals surface area (Å²) >= 11 is 0. The van der Waals surface area contributed by atoms with Crippen molar-refractivity contribution in [2.24, 2.45) is 11.8 Å². The number of sulfonamides is 2. The Hall–Kier alpha value is -3.19. The lowest BCUT2D eigenvalue weighted by Gasteiger charge is -2.31. The van der Waals surface area contributed by atoms with Gasteiger partial charge in [-0.25, -0.2) is 26.4 Å². The van der Waals surface area contributed by atoms with E-state index in [1.165, 1.54) is 22.5 Å². The number of rotatable bonds is 16. The van der Waals surface area contributed by atoms with Gasteiger partial charge in [0.1, 0.15) is 18.5 Å². The zero-order valence-corrected chi connectivity index (χ0v) is 28.7. The molecule has 3 aliphatic rings. The quantitative estimate of drug-likeness (QED) is 0.213. The zero-order valence-electron chi connectivity index (χ0n) is 27.1. The normalized spacial score (nSPS) is 21.7. The summed E-state index contributed by atoms with van der Waals surface area (Å²) in [6, 6.07) is 10.3. The number of fused-ring (bicyclic) bond motifs is 2. The average molecular weight is 714 g/mol. The van der Waals surface area contributed by atoms with Crippen LogP contribution in [0.4, 0.5) is 4.79 Å². The van der Waals surface area contributed by atoms with Gasteiger partial charge >= 0.3 is 6.09 Å². The zero-order chi connectivity index (χ0) is 34.5. The molecule has 1 amide bonds. The third-order valence-electron chi connectivity index (χ3n) is 8.07. The van der Waals surface area contributed by atoms with Crippen LogP contribution in [-0.2, 0) is 40.7 Å². The molecule has 3 heterocycles. The van der Waals surface area contributed by atoms with Gasteiger partial charge in [0.25, 0.3) is 0 Å². The van der Waals surface area contributed by atoms with Crippen molar-refractivity contribution >= 4 is 26.1 Å². The van der Waals surface area contributed by atoms with Crippen LogP contribution in [0.2, 0.25) is 0 Å². The van der Waals surface area contributed by atoms with Crippen molar-refractivity contribution in [2.45, 2.75) is 56.1 Å². The van der Waals surface area contributed by atoms with Gasteiger partial charge in [-0.3, -0.25) is 0 Å². The number of carbonyl (C=O) groups is 1. The van der Waals surface area contributed by atoms with Gasteiger partial charge in [0.15, 0.2) is 17.8 Å². The van der Waals surface area contributed by atoms with Crippen molar-refractivity contribution < 1.29 is 55.2 Å². The largest absolute Gasteiger partial charge is 0.492 e. The monoisotopic (exact) mass is 713 g/mol. The van der Waals surface area contributed by atoms with Gasteiger partial charge in [-0.15, -0.1) is 0 Å². The van der Waals surface area contributed by atoms with Crippen LogP contribution in [0.25, 0.3) is 0 Å². The van der Waals surface area contributed by atoms with Crippen LogP contribution in [-0.4, -0.2) is 109 Å². The van der Waals surface area contributed by atoms with Gasteiger partial charge in [0, 0.05) is 25.7 Å². The maximum atomic E-state index is 13.9. The minimum Gasteiger partial charge on any atom is -0.492 e. The molecule has 0 aliphatic carbocycles. The molecule has 15 nitrogen and oxygen atoms in total. The molecule has 3 aliphatic heterocycles. The fourth-order valence-electron chi connectivity index (χ4n) is 5.73. The highest BCUT2D eigenvalue weighted by atomic mass is 32.2. The van der Waals surface area contributed by atoms with E-state index in [9.17, 15) is 26.7 Å². The molecule has 3 N–H and O–H groups in total. The molecule has 0 radical (unpaired) electrons. The minimum atomic E-state index is -4.10. The molecule has 3 unspecified atom stereocenters. The van der Waals surface area contributed by atoms with Gasteiger partial charge in [0.2, 0.25) is 26.8 Å². The first-order valence-electron chi connectivity index (χ1n) is 15.7. The number of hydrogen-bond donors (Lipinski definition) is 3. The molecule has 266 valence electrons. The van der Waals surface area contributed by atoms with Gasteiger partial charge < -0.3 is 38.8 Å². The van der Waals surface area contributed by atoms with Crippen molar-refractivity contribution in [2.75, 3.05) is 52.5 Å². The molecule has 0 bridgehead atoms. The van der Waals surface area contributed by atoms with E-state index < -0.39 is 50.7 Å². The Balaban J connectivity index is 1.31. The van der Waals surface area contributed by atoms with E-state index in [-0.39, 0.29) is 62.8 Å². The molecule has 0 saturated carbocycles. The summed E-state index contributed by atoms with van der Waals surface area (Å²) < 4.78 is 86.9. The van der Waals surface area contributed by atoms with Crippen molar-refractivity contribution in [3.05, 3.63) is 48.0 Å². The van der Waals surface area contributed by atoms with Crippen LogP contribution in [0, 0.1) is 11.8 Å². The standard InChI is InChI=1S/C31H43N3O12S2/c1-20(2)16-34(48(39,40)23-8-9-27-28(15-23)45-19-44-27)17-26(35)25(33-31(36)46-29-18-43-30-24(29)10-12-42-30)14-21-4-6-22(7-5-21)41-13-11-32-47(3,37)38/h4-9,15,20,24-26,29-30,32,35H,10-14,16-19H2,1-3H3,(H,33,36)/t24?,25-,26+,29?,30?/m0/s1. The summed E-state index contributed by atoms with van der Waals surface area (Å²) in [7, 11) is -7.43. The molecule has 2 aromatic rings. The summed E-state index contributed by atoms with van der Waals surface area (Å²) in [5.74, 6) is 1.07. The maximum absolute atomic E-state index is 13.9. The number of benzene rings is 2. The summed E-state index contributed by atoms with van der Waals surface area (Å²) in [5.41, 5.74) is 0.712. The lowest BCUT2D eigenvalue weighted by molar-refractivity contribution is -0.0907. The topological polar surface area (TPSA) is 188 Å². The van der Waals surface area contributed by atoms with E-state index in [1.807, 2.05) is 13.8 Å². The van der Waals surface area contributed by atoms with Crippen molar-refractivity contribution in [1.82, 2.24) is 14.3 Å². The second-order valence-electron chi connectivity index (χ2n) is 12.4.